The molecule has 0 aliphatic carbocycles. The van der Waals surface area contributed by atoms with E-state index in [4.69, 9.17) is 14.6 Å². The maximum absolute atomic E-state index is 14.5. The lowest BCUT2D eigenvalue weighted by Gasteiger charge is -2.43. The van der Waals surface area contributed by atoms with Crippen LogP contribution in [0.3, 0.4) is 0 Å². The van der Waals surface area contributed by atoms with E-state index in [1.54, 1.807) is 24.3 Å². The van der Waals surface area contributed by atoms with E-state index in [1.165, 1.54) is 18.2 Å². The third-order valence-corrected chi connectivity index (χ3v) is 5.62. The normalized spacial score (nSPS) is 23.7. The zero-order valence-corrected chi connectivity index (χ0v) is 17.1. The first-order valence-electron chi connectivity index (χ1n) is 10.0. The van der Waals surface area contributed by atoms with Crippen LogP contribution >= 0.6 is 0 Å². The van der Waals surface area contributed by atoms with Crippen molar-refractivity contribution in [3.05, 3.63) is 77.4 Å². The second-order valence-electron chi connectivity index (χ2n) is 7.69. The molecule has 0 saturated carbocycles. The highest BCUT2D eigenvalue weighted by Gasteiger charge is 2.40. The zero-order valence-electron chi connectivity index (χ0n) is 17.1. The number of aliphatic carboxylic acids is 1. The summed E-state index contributed by atoms with van der Waals surface area (Å²) in [5.74, 6) is -2.33. The average molecular weight is 416 g/mol. The van der Waals surface area contributed by atoms with Crippen molar-refractivity contribution in [3.63, 3.8) is 0 Å². The molecule has 2 aromatic rings. The van der Waals surface area contributed by atoms with Gasteiger partial charge in [-0.25, -0.2) is 13.6 Å². The lowest BCUT2D eigenvalue weighted by molar-refractivity contribution is -0.139. The van der Waals surface area contributed by atoms with Crippen molar-refractivity contribution in [3.8, 4) is 5.75 Å². The predicted octanol–water partition coefficient (Wildman–Crippen LogP) is 5.64. The molecule has 4 nitrogen and oxygen atoms in total. The number of hydrogen-bond donors (Lipinski definition) is 1. The summed E-state index contributed by atoms with van der Waals surface area (Å²) in [5, 5.41) is 8.95. The molecule has 1 saturated heterocycles. The number of rotatable bonds is 7. The van der Waals surface area contributed by atoms with Crippen LogP contribution in [0.5, 0.6) is 5.75 Å². The van der Waals surface area contributed by atoms with Gasteiger partial charge in [0.25, 0.3) is 0 Å². The summed E-state index contributed by atoms with van der Waals surface area (Å²) < 4.78 is 39.6. The number of carboxylic acid groups (broad SMARTS) is 1. The fourth-order valence-electron chi connectivity index (χ4n) is 4.15. The van der Waals surface area contributed by atoms with Crippen molar-refractivity contribution in [2.75, 3.05) is 6.61 Å². The summed E-state index contributed by atoms with van der Waals surface area (Å²) in [6, 6.07) is 10.9. The topological polar surface area (TPSA) is 55.8 Å². The van der Waals surface area contributed by atoms with Gasteiger partial charge in [-0.2, -0.15) is 0 Å². The van der Waals surface area contributed by atoms with Crippen molar-refractivity contribution in [2.45, 2.75) is 44.8 Å². The highest BCUT2D eigenvalue weighted by atomic mass is 19.1. The summed E-state index contributed by atoms with van der Waals surface area (Å²) in [4.78, 5) is 10.9. The summed E-state index contributed by atoms with van der Waals surface area (Å²) in [6.45, 7) is 7.36. The van der Waals surface area contributed by atoms with Crippen molar-refractivity contribution in [1.29, 1.82) is 0 Å². The van der Waals surface area contributed by atoms with Gasteiger partial charge in [-0.15, -0.1) is 0 Å². The first-order valence-corrected chi connectivity index (χ1v) is 10.0. The Balaban J connectivity index is 1.98. The summed E-state index contributed by atoms with van der Waals surface area (Å²) >= 11 is 0. The highest BCUT2D eigenvalue weighted by molar-refractivity contribution is 5.68. The van der Waals surface area contributed by atoms with Crippen LogP contribution in [-0.2, 0) is 9.53 Å². The van der Waals surface area contributed by atoms with E-state index in [1.807, 2.05) is 13.8 Å². The summed E-state index contributed by atoms with van der Waals surface area (Å²) in [6.07, 6.45) is 0.705. The number of carbonyl (C=O) groups is 1. The molecule has 0 aromatic heterocycles. The number of ether oxygens (including phenoxy) is 2. The largest absolute Gasteiger partial charge is 0.479 e. The van der Waals surface area contributed by atoms with Crippen LogP contribution in [0.2, 0.25) is 0 Å². The molecule has 6 heteroatoms. The van der Waals surface area contributed by atoms with Gasteiger partial charge in [-0.05, 0) is 43.5 Å². The molecule has 30 heavy (non-hydrogen) atoms. The molecule has 4 atom stereocenters. The van der Waals surface area contributed by atoms with E-state index < -0.39 is 24.5 Å². The zero-order chi connectivity index (χ0) is 21.8. The van der Waals surface area contributed by atoms with Gasteiger partial charge >= 0.3 is 5.97 Å². The SMILES string of the molecule is C=C(C)[C@H]1C[C@H](c2ccc(F)cc2)[C@H](CC)O[C@@H]1c1cccc(F)c1OCC(=O)O. The first-order chi connectivity index (χ1) is 14.3. The van der Waals surface area contributed by atoms with Crippen LogP contribution in [0.25, 0.3) is 0 Å². The molecule has 1 aliphatic rings. The van der Waals surface area contributed by atoms with Gasteiger partial charge in [0.15, 0.2) is 18.2 Å². The third-order valence-electron chi connectivity index (χ3n) is 5.62. The quantitative estimate of drug-likeness (QED) is 0.593. The number of benzene rings is 2. The van der Waals surface area contributed by atoms with E-state index in [0.717, 1.165) is 11.1 Å². The number of para-hydroxylation sites is 1. The molecular formula is C24H26F2O4. The van der Waals surface area contributed by atoms with Crippen LogP contribution in [0.1, 0.15) is 49.8 Å². The molecule has 0 amide bonds. The van der Waals surface area contributed by atoms with Gasteiger partial charge in [0, 0.05) is 17.4 Å². The van der Waals surface area contributed by atoms with Crippen molar-refractivity contribution in [2.24, 2.45) is 5.92 Å². The summed E-state index contributed by atoms with van der Waals surface area (Å²) in [7, 11) is 0. The molecule has 1 fully saturated rings. The highest BCUT2D eigenvalue weighted by Crippen LogP contribution is 2.49. The maximum atomic E-state index is 14.5. The van der Waals surface area contributed by atoms with E-state index >= 15 is 0 Å². The molecule has 0 radical (unpaired) electrons. The minimum absolute atomic E-state index is 0.0329. The molecule has 0 unspecified atom stereocenters. The van der Waals surface area contributed by atoms with Crippen LogP contribution in [0, 0.1) is 17.6 Å². The molecule has 1 heterocycles. The van der Waals surface area contributed by atoms with E-state index in [9.17, 15) is 13.6 Å². The van der Waals surface area contributed by atoms with Crippen LogP contribution < -0.4 is 4.74 Å². The fraction of sp³-hybridized carbons (Fsp3) is 0.375. The Morgan fingerprint density at radius 3 is 2.53 bits per heavy atom. The van der Waals surface area contributed by atoms with Gasteiger partial charge in [0.2, 0.25) is 0 Å². The van der Waals surface area contributed by atoms with Crippen LogP contribution in [-0.4, -0.2) is 23.8 Å². The predicted molar refractivity (Wildman–Crippen MR) is 109 cm³/mol. The first kappa shape index (κ1) is 22.0. The Labute approximate surface area is 175 Å². The Bertz CT molecular complexity index is 910. The third kappa shape index (κ3) is 4.70. The maximum Gasteiger partial charge on any atom is 0.341 e. The molecule has 0 spiro atoms. The molecule has 1 aliphatic heterocycles. The Kier molecular flexibility index (Phi) is 6.87. The second-order valence-corrected chi connectivity index (χ2v) is 7.69. The molecule has 160 valence electrons. The standard InChI is InChI=1S/C24H26F2O4/c1-4-21-19(15-8-10-16(25)11-9-15)12-18(14(2)3)23(30-21)17-6-5-7-20(26)24(17)29-13-22(27)28/h5-11,18-19,21,23H,2,4,12-13H2,1,3H3,(H,27,28)/t18-,19-,21+,23-/m1/s1. The summed E-state index contributed by atoms with van der Waals surface area (Å²) in [5.41, 5.74) is 2.32. The lowest BCUT2D eigenvalue weighted by atomic mass is 9.75. The van der Waals surface area contributed by atoms with Gasteiger partial charge in [0.1, 0.15) is 5.82 Å². The van der Waals surface area contributed by atoms with Crippen molar-refractivity contribution >= 4 is 5.97 Å². The Morgan fingerprint density at radius 1 is 1.23 bits per heavy atom. The van der Waals surface area contributed by atoms with E-state index in [-0.39, 0.29) is 29.5 Å². The van der Waals surface area contributed by atoms with Crippen LogP contribution in [0.15, 0.2) is 54.6 Å². The molecule has 2 aromatic carbocycles. The van der Waals surface area contributed by atoms with E-state index in [0.29, 0.717) is 18.4 Å². The van der Waals surface area contributed by atoms with Gasteiger partial charge in [-0.3, -0.25) is 0 Å². The number of carboxylic acids is 1. The fourth-order valence-corrected chi connectivity index (χ4v) is 4.15. The molecular weight excluding hydrogens is 390 g/mol. The molecule has 0 bridgehead atoms. The lowest BCUT2D eigenvalue weighted by Crippen LogP contribution is -2.36. The average Bonchev–Trinajstić information content (AvgIpc) is 2.72. The second kappa shape index (κ2) is 9.39. The Morgan fingerprint density at radius 2 is 1.93 bits per heavy atom. The smallest absolute Gasteiger partial charge is 0.341 e. The number of hydrogen-bond acceptors (Lipinski definition) is 3. The van der Waals surface area contributed by atoms with E-state index in [2.05, 4.69) is 6.58 Å². The van der Waals surface area contributed by atoms with Gasteiger partial charge < -0.3 is 14.6 Å². The monoisotopic (exact) mass is 416 g/mol. The van der Waals surface area contributed by atoms with Gasteiger partial charge in [-0.1, -0.05) is 43.3 Å². The van der Waals surface area contributed by atoms with Gasteiger partial charge in [0.05, 0.1) is 12.2 Å². The minimum Gasteiger partial charge on any atom is -0.479 e. The minimum atomic E-state index is -1.19. The molecule has 1 N–H and O–H groups in total. The van der Waals surface area contributed by atoms with Crippen LogP contribution in [0.4, 0.5) is 8.78 Å². The Hall–Kier alpha value is -2.73. The number of halogens is 2. The van der Waals surface area contributed by atoms with Crippen molar-refractivity contribution in [1.82, 2.24) is 0 Å². The van der Waals surface area contributed by atoms with Crippen molar-refractivity contribution < 1.29 is 28.2 Å². The molecule has 3 rings (SSSR count).